The Hall–Kier alpha value is -1.13. The number of nitrogens with one attached hydrogen (secondary N) is 1. The van der Waals surface area contributed by atoms with Gasteiger partial charge in [0.25, 0.3) is 0 Å². The SMILES string of the molecule is CC(C)(C)c1c[nH]c(=S)n1-c1ccc(Cl)cc1F. The highest BCUT2D eigenvalue weighted by molar-refractivity contribution is 7.71. The van der Waals surface area contributed by atoms with Crippen molar-refractivity contribution in [1.82, 2.24) is 9.55 Å². The van der Waals surface area contributed by atoms with Gasteiger partial charge in [0, 0.05) is 22.3 Å². The van der Waals surface area contributed by atoms with Crippen LogP contribution in [0.2, 0.25) is 5.02 Å². The topological polar surface area (TPSA) is 20.7 Å². The Balaban J connectivity index is 2.71. The molecule has 2 rings (SSSR count). The fourth-order valence-corrected chi connectivity index (χ4v) is 2.24. The summed E-state index contributed by atoms with van der Waals surface area (Å²) in [4.78, 5) is 2.96. The minimum atomic E-state index is -0.385. The van der Waals surface area contributed by atoms with Crippen molar-refractivity contribution in [2.75, 3.05) is 0 Å². The van der Waals surface area contributed by atoms with E-state index < -0.39 is 0 Å². The summed E-state index contributed by atoms with van der Waals surface area (Å²) in [7, 11) is 0. The molecule has 0 saturated carbocycles. The van der Waals surface area contributed by atoms with Crippen LogP contribution in [0.4, 0.5) is 4.39 Å². The molecule has 2 aromatic rings. The molecule has 5 heteroatoms. The van der Waals surface area contributed by atoms with Gasteiger partial charge in [0.15, 0.2) is 4.77 Å². The smallest absolute Gasteiger partial charge is 0.182 e. The predicted octanol–water partition coefficient (Wildman–Crippen LogP) is 4.62. The van der Waals surface area contributed by atoms with Crippen LogP contribution < -0.4 is 0 Å². The molecular weight excluding hydrogens is 271 g/mol. The first-order valence-corrected chi connectivity index (χ1v) is 6.35. The average Bonchev–Trinajstić information content (AvgIpc) is 2.60. The van der Waals surface area contributed by atoms with Crippen LogP contribution in [0, 0.1) is 10.6 Å². The molecule has 2 nitrogen and oxygen atoms in total. The lowest BCUT2D eigenvalue weighted by molar-refractivity contribution is 0.546. The summed E-state index contributed by atoms with van der Waals surface area (Å²) in [5.41, 5.74) is 1.20. The highest BCUT2D eigenvalue weighted by atomic mass is 35.5. The lowest BCUT2D eigenvalue weighted by Gasteiger charge is -2.21. The van der Waals surface area contributed by atoms with Crippen LogP contribution >= 0.6 is 23.8 Å². The molecular formula is C13H14ClFN2S. The number of benzene rings is 1. The summed E-state index contributed by atoms with van der Waals surface area (Å²) in [5, 5.41) is 0.371. The predicted molar refractivity (Wildman–Crippen MR) is 74.6 cm³/mol. The zero-order valence-corrected chi connectivity index (χ0v) is 12.0. The third kappa shape index (κ3) is 2.35. The van der Waals surface area contributed by atoms with Crippen LogP contribution in [0.25, 0.3) is 5.69 Å². The zero-order valence-electron chi connectivity index (χ0n) is 10.4. The molecule has 0 atom stereocenters. The first kappa shape index (κ1) is 13.3. The number of nitrogens with zero attached hydrogens (tertiary/aromatic N) is 1. The molecule has 0 bridgehead atoms. The van der Waals surface area contributed by atoms with Crippen molar-refractivity contribution in [3.05, 3.63) is 45.7 Å². The molecule has 1 aromatic carbocycles. The van der Waals surface area contributed by atoms with Gasteiger partial charge in [0.1, 0.15) is 5.82 Å². The molecule has 1 N–H and O–H groups in total. The van der Waals surface area contributed by atoms with Gasteiger partial charge in [-0.25, -0.2) is 4.39 Å². The Labute approximate surface area is 115 Å². The first-order chi connectivity index (χ1) is 8.30. The Kier molecular flexibility index (Phi) is 3.34. The van der Waals surface area contributed by atoms with Crippen molar-refractivity contribution in [2.45, 2.75) is 26.2 Å². The number of rotatable bonds is 1. The summed E-state index contributed by atoms with van der Waals surface area (Å²) in [6.07, 6.45) is 1.82. The largest absolute Gasteiger partial charge is 0.337 e. The quantitative estimate of drug-likeness (QED) is 0.758. The summed E-state index contributed by atoms with van der Waals surface area (Å²) in [6, 6.07) is 4.58. The number of hydrogen-bond acceptors (Lipinski definition) is 1. The van der Waals surface area contributed by atoms with Crippen LogP contribution in [0.15, 0.2) is 24.4 Å². The molecule has 0 radical (unpaired) electrons. The molecule has 0 aliphatic heterocycles. The lowest BCUT2D eigenvalue weighted by Crippen LogP contribution is -2.17. The van der Waals surface area contributed by atoms with E-state index in [1.165, 1.54) is 6.07 Å². The fraction of sp³-hybridized carbons (Fsp3) is 0.308. The molecule has 0 aliphatic carbocycles. The summed E-state index contributed by atoms with van der Waals surface area (Å²) >= 11 is 11.0. The molecule has 0 fully saturated rings. The summed E-state index contributed by atoms with van der Waals surface area (Å²) in [5.74, 6) is -0.385. The van der Waals surface area contributed by atoms with Gasteiger partial charge in [-0.15, -0.1) is 0 Å². The molecule has 0 spiro atoms. The summed E-state index contributed by atoms with van der Waals surface area (Å²) < 4.78 is 16.2. The normalized spacial score (nSPS) is 11.8. The second-order valence-electron chi connectivity index (χ2n) is 5.16. The van der Waals surface area contributed by atoms with Crippen LogP contribution in [0.5, 0.6) is 0 Å². The molecule has 18 heavy (non-hydrogen) atoms. The number of hydrogen-bond donors (Lipinski definition) is 1. The number of H-pyrrole nitrogens is 1. The van der Waals surface area contributed by atoms with Gasteiger partial charge in [-0.2, -0.15) is 0 Å². The van der Waals surface area contributed by atoms with Gasteiger partial charge < -0.3 is 4.98 Å². The van der Waals surface area contributed by atoms with Crippen LogP contribution in [-0.2, 0) is 5.41 Å². The van der Waals surface area contributed by atoms with E-state index in [1.54, 1.807) is 16.7 Å². The second kappa shape index (κ2) is 4.52. The van der Waals surface area contributed by atoms with E-state index >= 15 is 0 Å². The Bertz CT molecular complexity index is 637. The Morgan fingerprint density at radius 2 is 2.00 bits per heavy atom. The number of aromatic nitrogens is 2. The van der Waals surface area contributed by atoms with Crippen molar-refractivity contribution in [3.63, 3.8) is 0 Å². The molecule has 0 unspecified atom stereocenters. The highest BCUT2D eigenvalue weighted by Gasteiger charge is 2.21. The number of halogens is 2. The fourth-order valence-electron chi connectivity index (χ4n) is 1.82. The van der Waals surface area contributed by atoms with Crippen molar-refractivity contribution >= 4 is 23.8 Å². The van der Waals surface area contributed by atoms with E-state index in [2.05, 4.69) is 25.8 Å². The van der Waals surface area contributed by atoms with Gasteiger partial charge in [-0.05, 0) is 30.4 Å². The second-order valence-corrected chi connectivity index (χ2v) is 5.98. The minimum absolute atomic E-state index is 0.139. The van der Waals surface area contributed by atoms with E-state index in [-0.39, 0.29) is 11.2 Å². The maximum atomic E-state index is 14.0. The van der Waals surface area contributed by atoms with Crippen molar-refractivity contribution in [3.8, 4) is 5.69 Å². The molecule has 0 aliphatic rings. The first-order valence-electron chi connectivity index (χ1n) is 5.57. The Morgan fingerprint density at radius 3 is 2.56 bits per heavy atom. The zero-order chi connectivity index (χ0) is 13.5. The van der Waals surface area contributed by atoms with E-state index in [9.17, 15) is 4.39 Å². The third-order valence-electron chi connectivity index (χ3n) is 2.70. The van der Waals surface area contributed by atoms with Crippen LogP contribution in [-0.4, -0.2) is 9.55 Å². The monoisotopic (exact) mass is 284 g/mol. The van der Waals surface area contributed by atoms with E-state index in [0.717, 1.165) is 5.69 Å². The molecule has 96 valence electrons. The third-order valence-corrected chi connectivity index (χ3v) is 3.23. The molecule has 1 heterocycles. The van der Waals surface area contributed by atoms with Crippen molar-refractivity contribution < 1.29 is 4.39 Å². The Morgan fingerprint density at radius 1 is 1.33 bits per heavy atom. The minimum Gasteiger partial charge on any atom is -0.337 e. The van der Waals surface area contributed by atoms with E-state index in [0.29, 0.717) is 15.5 Å². The number of aromatic amines is 1. The van der Waals surface area contributed by atoms with E-state index in [4.69, 9.17) is 23.8 Å². The maximum absolute atomic E-state index is 14.0. The van der Waals surface area contributed by atoms with Gasteiger partial charge in [-0.1, -0.05) is 32.4 Å². The van der Waals surface area contributed by atoms with E-state index in [1.807, 2.05) is 6.20 Å². The standard InChI is InChI=1S/C13H14ClFN2S/c1-13(2,3)11-7-16-12(18)17(11)10-5-4-8(14)6-9(10)15/h4-7H,1-3H3,(H,16,18). The molecule has 0 amide bonds. The van der Waals surface area contributed by atoms with Crippen molar-refractivity contribution in [2.24, 2.45) is 0 Å². The average molecular weight is 285 g/mol. The van der Waals surface area contributed by atoms with Gasteiger partial charge in [0.2, 0.25) is 0 Å². The van der Waals surface area contributed by atoms with Crippen LogP contribution in [0.3, 0.4) is 0 Å². The van der Waals surface area contributed by atoms with Crippen LogP contribution in [0.1, 0.15) is 26.5 Å². The van der Waals surface area contributed by atoms with Crippen molar-refractivity contribution in [1.29, 1.82) is 0 Å². The number of imidazole rings is 1. The van der Waals surface area contributed by atoms with Gasteiger partial charge in [-0.3, -0.25) is 4.57 Å². The highest BCUT2D eigenvalue weighted by Crippen LogP contribution is 2.27. The summed E-state index contributed by atoms with van der Waals surface area (Å²) in [6.45, 7) is 6.15. The molecule has 0 saturated heterocycles. The maximum Gasteiger partial charge on any atom is 0.182 e. The molecule has 1 aromatic heterocycles. The lowest BCUT2D eigenvalue weighted by atomic mass is 9.92. The van der Waals surface area contributed by atoms with Gasteiger partial charge in [0.05, 0.1) is 5.69 Å². The van der Waals surface area contributed by atoms with Gasteiger partial charge >= 0.3 is 0 Å².